The number of carbonyl (C=O) groups is 1. The molecule has 1 rings (SSSR count). The van der Waals surface area contributed by atoms with Crippen LogP contribution in [-0.2, 0) is 4.79 Å². The van der Waals surface area contributed by atoms with Crippen molar-refractivity contribution in [3.8, 4) is 0 Å². The van der Waals surface area contributed by atoms with Crippen molar-refractivity contribution < 1.29 is 4.79 Å². The Kier molecular flexibility index (Phi) is 4.34. The third-order valence-electron chi connectivity index (χ3n) is 2.06. The smallest absolute Gasteiger partial charge is 0.285 e. The molecule has 0 radical (unpaired) electrons. The number of aromatic amines is 1. The molecule has 0 aromatic carbocycles. The molecule has 0 saturated carbocycles. The molecule has 7 heteroatoms. The van der Waals surface area contributed by atoms with E-state index in [0.717, 1.165) is 0 Å². The van der Waals surface area contributed by atoms with Crippen LogP contribution in [0.15, 0.2) is 11.0 Å². The molecule has 1 aromatic rings. The molecule has 1 aromatic heterocycles. The second-order valence-corrected chi connectivity index (χ2v) is 5.41. The Hall–Kier alpha value is -1.56. The molecule has 18 heavy (non-hydrogen) atoms. The van der Waals surface area contributed by atoms with Crippen LogP contribution in [0.5, 0.6) is 0 Å². The zero-order chi connectivity index (χ0) is 13.9. The molecule has 0 aliphatic heterocycles. The van der Waals surface area contributed by atoms with Gasteiger partial charge in [0.15, 0.2) is 0 Å². The van der Waals surface area contributed by atoms with E-state index in [1.807, 2.05) is 20.8 Å². The molecule has 0 aliphatic rings. The first-order valence-corrected chi connectivity index (χ1v) is 5.90. The first-order valence-electron chi connectivity index (χ1n) is 5.52. The van der Waals surface area contributed by atoms with E-state index in [0.29, 0.717) is 5.69 Å². The summed E-state index contributed by atoms with van der Waals surface area (Å²) in [4.78, 5) is 23.1. The van der Waals surface area contributed by atoms with Gasteiger partial charge in [0, 0.05) is 5.54 Å². The summed E-state index contributed by atoms with van der Waals surface area (Å²) in [5, 5.41) is 11.5. The molecule has 1 amide bonds. The van der Waals surface area contributed by atoms with Gasteiger partial charge in [0.2, 0.25) is 5.91 Å². The predicted octanol–water partition coefficient (Wildman–Crippen LogP) is 1.14. The highest BCUT2D eigenvalue weighted by atomic mass is 35.5. The molecule has 0 aliphatic carbocycles. The van der Waals surface area contributed by atoms with E-state index in [1.54, 1.807) is 6.92 Å². The molecule has 100 valence electrons. The molecular weight excluding hydrogens is 256 g/mol. The van der Waals surface area contributed by atoms with Crippen molar-refractivity contribution in [1.82, 2.24) is 15.5 Å². The van der Waals surface area contributed by atoms with Gasteiger partial charge in [0.25, 0.3) is 5.56 Å². The van der Waals surface area contributed by atoms with E-state index in [2.05, 4.69) is 20.8 Å². The van der Waals surface area contributed by atoms with Gasteiger partial charge in [0.05, 0.1) is 11.9 Å². The van der Waals surface area contributed by atoms with Gasteiger partial charge < -0.3 is 10.6 Å². The fourth-order valence-corrected chi connectivity index (χ4v) is 1.41. The summed E-state index contributed by atoms with van der Waals surface area (Å²) in [5.74, 6) is -0.182. The van der Waals surface area contributed by atoms with Crippen LogP contribution in [0.3, 0.4) is 0 Å². The van der Waals surface area contributed by atoms with Crippen molar-refractivity contribution in [3.05, 3.63) is 21.6 Å². The average Bonchev–Trinajstić information content (AvgIpc) is 2.22. The topological polar surface area (TPSA) is 86.9 Å². The third kappa shape index (κ3) is 4.03. The first-order chi connectivity index (χ1) is 8.20. The van der Waals surface area contributed by atoms with Gasteiger partial charge in [-0.05, 0) is 27.7 Å². The van der Waals surface area contributed by atoms with Crippen molar-refractivity contribution in [2.45, 2.75) is 39.3 Å². The average molecular weight is 273 g/mol. The second-order valence-electron chi connectivity index (χ2n) is 5.03. The second kappa shape index (κ2) is 5.39. The predicted molar refractivity (Wildman–Crippen MR) is 70.8 cm³/mol. The van der Waals surface area contributed by atoms with Crippen LogP contribution >= 0.6 is 11.6 Å². The molecule has 0 bridgehead atoms. The fraction of sp³-hybridized carbons (Fsp3) is 0.545. The molecular formula is C11H17ClN4O2. The van der Waals surface area contributed by atoms with E-state index in [-0.39, 0.29) is 16.5 Å². The summed E-state index contributed by atoms with van der Waals surface area (Å²) >= 11 is 5.80. The minimum absolute atomic E-state index is 0.0135. The van der Waals surface area contributed by atoms with Gasteiger partial charge in [-0.25, -0.2) is 5.10 Å². The summed E-state index contributed by atoms with van der Waals surface area (Å²) in [6.07, 6.45) is 1.37. The third-order valence-corrected chi connectivity index (χ3v) is 2.43. The highest BCUT2D eigenvalue weighted by molar-refractivity contribution is 6.33. The SMILES string of the molecule is CC(Nc1cn[nH]c(=O)c1Cl)C(=O)NC(C)(C)C. The van der Waals surface area contributed by atoms with Crippen LogP contribution < -0.4 is 16.2 Å². The number of nitrogens with one attached hydrogen (secondary N) is 3. The van der Waals surface area contributed by atoms with E-state index in [1.165, 1.54) is 6.20 Å². The van der Waals surface area contributed by atoms with Crippen LogP contribution in [0.1, 0.15) is 27.7 Å². The summed E-state index contributed by atoms with van der Waals surface area (Å²) in [5.41, 5.74) is -0.481. The lowest BCUT2D eigenvalue weighted by molar-refractivity contribution is -0.122. The maximum Gasteiger partial charge on any atom is 0.285 e. The van der Waals surface area contributed by atoms with Crippen molar-refractivity contribution in [1.29, 1.82) is 0 Å². The lowest BCUT2D eigenvalue weighted by atomic mass is 10.1. The van der Waals surface area contributed by atoms with Gasteiger partial charge in [-0.2, -0.15) is 5.10 Å². The quantitative estimate of drug-likeness (QED) is 0.770. The van der Waals surface area contributed by atoms with Crippen LogP contribution in [-0.4, -0.2) is 27.7 Å². The number of amides is 1. The molecule has 3 N–H and O–H groups in total. The lowest BCUT2D eigenvalue weighted by Gasteiger charge is -2.24. The first kappa shape index (κ1) is 14.5. The lowest BCUT2D eigenvalue weighted by Crippen LogP contribution is -2.47. The molecule has 1 unspecified atom stereocenters. The Labute approximate surface area is 110 Å². The number of aromatic nitrogens is 2. The number of anilines is 1. The van der Waals surface area contributed by atoms with Crippen molar-refractivity contribution in [3.63, 3.8) is 0 Å². The minimum Gasteiger partial charge on any atom is -0.371 e. The summed E-state index contributed by atoms with van der Waals surface area (Å²) < 4.78 is 0. The number of rotatable bonds is 3. The van der Waals surface area contributed by atoms with Crippen LogP contribution in [0.4, 0.5) is 5.69 Å². The standard InChI is InChI=1S/C11H17ClN4O2/c1-6(9(17)15-11(2,3)4)14-7-5-13-16-10(18)8(7)12/h5-6H,1-4H3,(H,15,17)(H2,14,16,18). The molecule has 0 fully saturated rings. The number of carbonyl (C=O) groups excluding carboxylic acids is 1. The summed E-state index contributed by atoms with van der Waals surface area (Å²) in [6.45, 7) is 7.34. The Morgan fingerprint density at radius 1 is 1.50 bits per heavy atom. The van der Waals surface area contributed by atoms with Crippen LogP contribution in [0, 0.1) is 0 Å². The van der Waals surface area contributed by atoms with E-state index >= 15 is 0 Å². The zero-order valence-corrected chi connectivity index (χ0v) is 11.6. The Bertz CT molecular complexity index is 493. The van der Waals surface area contributed by atoms with Gasteiger partial charge in [-0.15, -0.1) is 0 Å². The van der Waals surface area contributed by atoms with Gasteiger partial charge in [-0.1, -0.05) is 11.6 Å². The van der Waals surface area contributed by atoms with E-state index < -0.39 is 11.6 Å². The zero-order valence-electron chi connectivity index (χ0n) is 10.8. The molecule has 1 heterocycles. The molecule has 0 spiro atoms. The Morgan fingerprint density at radius 2 is 2.11 bits per heavy atom. The molecule has 1 atom stereocenters. The normalized spacial score (nSPS) is 12.9. The number of halogens is 1. The van der Waals surface area contributed by atoms with Gasteiger partial charge >= 0.3 is 0 Å². The fourth-order valence-electron chi connectivity index (χ4n) is 1.26. The molecule has 0 saturated heterocycles. The van der Waals surface area contributed by atoms with Crippen LogP contribution in [0.25, 0.3) is 0 Å². The van der Waals surface area contributed by atoms with Crippen molar-refractivity contribution in [2.75, 3.05) is 5.32 Å². The Morgan fingerprint density at radius 3 is 2.67 bits per heavy atom. The van der Waals surface area contributed by atoms with Crippen molar-refractivity contribution >= 4 is 23.2 Å². The highest BCUT2D eigenvalue weighted by Crippen LogP contribution is 2.15. The number of hydrogen-bond donors (Lipinski definition) is 3. The Balaban J connectivity index is 2.76. The maximum atomic E-state index is 11.8. The molecule has 6 nitrogen and oxygen atoms in total. The number of H-pyrrole nitrogens is 1. The maximum absolute atomic E-state index is 11.8. The van der Waals surface area contributed by atoms with E-state index in [4.69, 9.17) is 11.6 Å². The summed E-state index contributed by atoms with van der Waals surface area (Å²) in [6, 6.07) is -0.523. The monoisotopic (exact) mass is 272 g/mol. The van der Waals surface area contributed by atoms with Crippen molar-refractivity contribution in [2.24, 2.45) is 0 Å². The largest absolute Gasteiger partial charge is 0.371 e. The van der Waals surface area contributed by atoms with Gasteiger partial charge in [-0.3, -0.25) is 9.59 Å². The van der Waals surface area contributed by atoms with Gasteiger partial charge in [0.1, 0.15) is 11.1 Å². The highest BCUT2D eigenvalue weighted by Gasteiger charge is 2.20. The van der Waals surface area contributed by atoms with E-state index in [9.17, 15) is 9.59 Å². The van der Waals surface area contributed by atoms with Crippen LogP contribution in [0.2, 0.25) is 5.02 Å². The minimum atomic E-state index is -0.523. The number of hydrogen-bond acceptors (Lipinski definition) is 4. The summed E-state index contributed by atoms with van der Waals surface area (Å²) in [7, 11) is 0. The number of nitrogens with zero attached hydrogens (tertiary/aromatic N) is 1.